The number of rotatable bonds is 4. The summed E-state index contributed by atoms with van der Waals surface area (Å²) in [4.78, 5) is 10.7. The molecule has 116 valence electrons. The molecule has 0 unspecified atom stereocenters. The van der Waals surface area contributed by atoms with Gasteiger partial charge in [0.15, 0.2) is 6.61 Å². The molecule has 0 saturated heterocycles. The van der Waals surface area contributed by atoms with Gasteiger partial charge in [-0.3, -0.25) is 4.79 Å². The standard InChI is InChI=1S/C16H20F2O3/c1-12(19)21-11-16(17,18)15(20)9-7-14(8-10-15)13-5-3-2-4-6-13/h2-6,14,20H,7-11H2,1H3. The van der Waals surface area contributed by atoms with Gasteiger partial charge >= 0.3 is 11.9 Å². The number of hydrogen-bond acceptors (Lipinski definition) is 3. The number of hydrogen-bond donors (Lipinski definition) is 1. The lowest BCUT2D eigenvalue weighted by Crippen LogP contribution is -2.53. The quantitative estimate of drug-likeness (QED) is 0.868. The summed E-state index contributed by atoms with van der Waals surface area (Å²) in [5.41, 5.74) is -0.976. The van der Waals surface area contributed by atoms with Gasteiger partial charge in [0.2, 0.25) is 0 Å². The van der Waals surface area contributed by atoms with Gasteiger partial charge in [-0.05, 0) is 37.2 Å². The van der Waals surface area contributed by atoms with Crippen LogP contribution < -0.4 is 0 Å². The fourth-order valence-electron chi connectivity index (χ4n) is 2.85. The highest BCUT2D eigenvalue weighted by Gasteiger charge is 2.54. The van der Waals surface area contributed by atoms with Gasteiger partial charge in [-0.1, -0.05) is 30.3 Å². The molecule has 0 spiro atoms. The third-order valence-electron chi connectivity index (χ3n) is 4.22. The molecule has 1 N–H and O–H groups in total. The number of aliphatic hydroxyl groups is 1. The average molecular weight is 298 g/mol. The number of carbonyl (C=O) groups is 1. The van der Waals surface area contributed by atoms with Crippen LogP contribution in [-0.2, 0) is 9.53 Å². The van der Waals surface area contributed by atoms with Crippen molar-refractivity contribution in [2.75, 3.05) is 6.61 Å². The van der Waals surface area contributed by atoms with E-state index >= 15 is 0 Å². The number of carbonyl (C=O) groups excluding carboxylic acids is 1. The largest absolute Gasteiger partial charge is 0.459 e. The van der Waals surface area contributed by atoms with Gasteiger partial charge in [-0.15, -0.1) is 0 Å². The number of esters is 1. The summed E-state index contributed by atoms with van der Waals surface area (Å²) < 4.78 is 32.5. The Morgan fingerprint density at radius 3 is 2.43 bits per heavy atom. The summed E-state index contributed by atoms with van der Waals surface area (Å²) in [5.74, 6) is -3.99. The third-order valence-corrected chi connectivity index (χ3v) is 4.22. The molecular weight excluding hydrogens is 278 g/mol. The lowest BCUT2D eigenvalue weighted by Gasteiger charge is -2.40. The molecule has 1 saturated carbocycles. The summed E-state index contributed by atoms with van der Waals surface area (Å²) in [7, 11) is 0. The highest BCUT2D eigenvalue weighted by molar-refractivity contribution is 5.65. The van der Waals surface area contributed by atoms with Crippen molar-refractivity contribution in [2.45, 2.75) is 50.0 Å². The summed E-state index contributed by atoms with van der Waals surface area (Å²) in [6.45, 7) is 0.0151. The van der Waals surface area contributed by atoms with E-state index in [2.05, 4.69) is 4.74 Å². The maximum atomic E-state index is 14.1. The zero-order valence-corrected chi connectivity index (χ0v) is 12.0. The SMILES string of the molecule is CC(=O)OCC(F)(F)C1(O)CCC(c2ccccc2)CC1. The molecule has 1 fully saturated rings. The molecule has 0 bridgehead atoms. The minimum Gasteiger partial charge on any atom is -0.459 e. The smallest absolute Gasteiger partial charge is 0.309 e. The third kappa shape index (κ3) is 3.59. The predicted molar refractivity (Wildman–Crippen MR) is 74.2 cm³/mol. The Morgan fingerprint density at radius 2 is 1.90 bits per heavy atom. The Balaban J connectivity index is 1.99. The molecule has 0 heterocycles. The second kappa shape index (κ2) is 6.10. The number of halogens is 2. The Bertz CT molecular complexity index is 480. The van der Waals surface area contributed by atoms with Crippen LogP contribution in [0.2, 0.25) is 0 Å². The highest BCUT2D eigenvalue weighted by atomic mass is 19.3. The lowest BCUT2D eigenvalue weighted by atomic mass is 9.73. The van der Waals surface area contributed by atoms with Gasteiger partial charge in [0.25, 0.3) is 0 Å². The van der Waals surface area contributed by atoms with Gasteiger partial charge in [-0.25, -0.2) is 0 Å². The Hall–Kier alpha value is -1.49. The minimum atomic E-state index is -3.42. The maximum absolute atomic E-state index is 14.1. The average Bonchev–Trinajstić information content (AvgIpc) is 2.47. The molecule has 1 aromatic rings. The second-order valence-corrected chi connectivity index (χ2v) is 5.70. The van der Waals surface area contributed by atoms with E-state index in [1.807, 2.05) is 30.3 Å². The highest BCUT2D eigenvalue weighted by Crippen LogP contribution is 2.45. The van der Waals surface area contributed by atoms with Crippen LogP contribution >= 0.6 is 0 Å². The van der Waals surface area contributed by atoms with Gasteiger partial charge in [-0.2, -0.15) is 8.78 Å². The van der Waals surface area contributed by atoms with Crippen molar-refractivity contribution in [3.8, 4) is 0 Å². The first-order chi connectivity index (χ1) is 9.84. The summed E-state index contributed by atoms with van der Waals surface area (Å²) in [6.07, 6.45) is 0.994. The van der Waals surface area contributed by atoms with Crippen LogP contribution in [0.4, 0.5) is 8.78 Å². The fraction of sp³-hybridized carbons (Fsp3) is 0.562. The summed E-state index contributed by atoms with van der Waals surface area (Å²) in [5, 5.41) is 10.2. The Kier molecular flexibility index (Phi) is 4.61. The monoisotopic (exact) mass is 298 g/mol. The molecule has 21 heavy (non-hydrogen) atoms. The van der Waals surface area contributed by atoms with E-state index in [4.69, 9.17) is 0 Å². The number of alkyl halides is 2. The first-order valence-electron chi connectivity index (χ1n) is 7.13. The second-order valence-electron chi connectivity index (χ2n) is 5.70. The lowest BCUT2D eigenvalue weighted by molar-refractivity contribution is -0.220. The van der Waals surface area contributed by atoms with Gasteiger partial charge in [0.1, 0.15) is 5.60 Å². The van der Waals surface area contributed by atoms with Gasteiger partial charge in [0.05, 0.1) is 0 Å². The van der Waals surface area contributed by atoms with Crippen molar-refractivity contribution in [3.05, 3.63) is 35.9 Å². The number of benzene rings is 1. The zero-order valence-electron chi connectivity index (χ0n) is 12.0. The molecule has 2 rings (SSSR count). The normalized spacial score (nSPS) is 26.4. The van der Waals surface area contributed by atoms with E-state index in [-0.39, 0.29) is 18.8 Å². The van der Waals surface area contributed by atoms with E-state index < -0.39 is 24.1 Å². The van der Waals surface area contributed by atoms with Crippen molar-refractivity contribution in [1.82, 2.24) is 0 Å². The van der Waals surface area contributed by atoms with Crippen LogP contribution in [0.25, 0.3) is 0 Å². The van der Waals surface area contributed by atoms with Crippen molar-refractivity contribution >= 4 is 5.97 Å². The molecule has 0 amide bonds. The van der Waals surface area contributed by atoms with Crippen molar-refractivity contribution in [1.29, 1.82) is 0 Å². The molecule has 0 aromatic heterocycles. The van der Waals surface area contributed by atoms with E-state index in [0.29, 0.717) is 12.8 Å². The zero-order chi connectivity index (χ0) is 15.5. The first kappa shape index (κ1) is 15.9. The van der Waals surface area contributed by atoms with Gasteiger partial charge < -0.3 is 9.84 Å². The van der Waals surface area contributed by atoms with E-state index in [1.165, 1.54) is 0 Å². The van der Waals surface area contributed by atoms with Crippen molar-refractivity contribution in [2.24, 2.45) is 0 Å². The molecule has 5 heteroatoms. The molecule has 1 aromatic carbocycles. The fourth-order valence-corrected chi connectivity index (χ4v) is 2.85. The Morgan fingerprint density at radius 1 is 1.33 bits per heavy atom. The van der Waals surface area contributed by atoms with Gasteiger partial charge in [0, 0.05) is 6.92 Å². The molecule has 0 aliphatic heterocycles. The molecule has 3 nitrogen and oxygen atoms in total. The van der Waals surface area contributed by atoms with Crippen LogP contribution in [0.1, 0.15) is 44.1 Å². The van der Waals surface area contributed by atoms with Crippen LogP contribution in [0.5, 0.6) is 0 Å². The molecule has 1 aliphatic rings. The number of ether oxygens (including phenoxy) is 1. The molecule has 0 atom stereocenters. The molecule has 1 aliphatic carbocycles. The molecule has 0 radical (unpaired) electrons. The first-order valence-corrected chi connectivity index (χ1v) is 7.13. The van der Waals surface area contributed by atoms with Crippen LogP contribution in [0.3, 0.4) is 0 Å². The summed E-state index contributed by atoms with van der Waals surface area (Å²) in [6, 6.07) is 9.71. The predicted octanol–water partition coefficient (Wildman–Crippen LogP) is 3.27. The molecular formula is C16H20F2O3. The summed E-state index contributed by atoms with van der Waals surface area (Å²) >= 11 is 0. The van der Waals surface area contributed by atoms with E-state index in [0.717, 1.165) is 12.5 Å². The van der Waals surface area contributed by atoms with Crippen LogP contribution in [-0.4, -0.2) is 29.2 Å². The van der Waals surface area contributed by atoms with Crippen molar-refractivity contribution in [3.63, 3.8) is 0 Å². The van der Waals surface area contributed by atoms with E-state index in [9.17, 15) is 18.7 Å². The van der Waals surface area contributed by atoms with E-state index in [1.54, 1.807) is 0 Å². The van der Waals surface area contributed by atoms with Crippen LogP contribution in [0, 0.1) is 0 Å². The maximum Gasteiger partial charge on any atom is 0.309 e. The van der Waals surface area contributed by atoms with Crippen molar-refractivity contribution < 1.29 is 23.4 Å². The van der Waals surface area contributed by atoms with Crippen LogP contribution in [0.15, 0.2) is 30.3 Å². The Labute approximate surface area is 122 Å². The minimum absolute atomic E-state index is 0.000819. The topological polar surface area (TPSA) is 46.5 Å².